The Balaban J connectivity index is 2.06. The highest BCUT2D eigenvalue weighted by Gasteiger charge is 2.15. The van der Waals surface area contributed by atoms with Crippen molar-refractivity contribution in [3.8, 4) is 10.6 Å². The largest absolute Gasteiger partial charge is 0.248 e. The van der Waals surface area contributed by atoms with Crippen LogP contribution in [-0.4, -0.2) is 20.2 Å². The van der Waals surface area contributed by atoms with Crippen molar-refractivity contribution in [2.24, 2.45) is 0 Å². The van der Waals surface area contributed by atoms with Crippen LogP contribution in [0, 0.1) is 20.7 Å². The van der Waals surface area contributed by atoms with Crippen molar-refractivity contribution in [3.05, 3.63) is 47.4 Å². The van der Waals surface area contributed by atoms with E-state index in [1.165, 1.54) is 0 Å². The van der Waals surface area contributed by atoms with Crippen LogP contribution in [0.25, 0.3) is 31.7 Å². The summed E-state index contributed by atoms with van der Waals surface area (Å²) in [5.41, 5.74) is 2.68. The van der Waals surface area contributed by atoms with Gasteiger partial charge in [-0.25, -0.2) is 9.97 Å². The summed E-state index contributed by atoms with van der Waals surface area (Å²) < 4.78 is 24.3. The molecule has 0 aliphatic heterocycles. The van der Waals surface area contributed by atoms with Crippen molar-refractivity contribution in [3.63, 3.8) is 0 Å². The Morgan fingerprint density at radius 2 is 1.73 bits per heavy atom. The van der Waals surface area contributed by atoms with E-state index in [0.717, 1.165) is 20.7 Å². The highest BCUT2D eigenvalue weighted by Crippen LogP contribution is 2.35. The Morgan fingerprint density at radius 3 is 2.50 bits per heavy atom. The first kappa shape index (κ1) is 10.3. The molecule has 0 saturated heterocycles. The topological polar surface area (TPSA) is 51.6 Å². The fourth-order valence-corrected chi connectivity index (χ4v) is 3.44. The lowest BCUT2D eigenvalue weighted by Crippen LogP contribution is -2.01. The Labute approximate surface area is 136 Å². The quantitative estimate of drug-likeness (QED) is 0.528. The van der Waals surface area contributed by atoms with Crippen LogP contribution >= 0.6 is 11.3 Å². The van der Waals surface area contributed by atoms with Gasteiger partial charge >= 0.3 is 0 Å². The molecule has 0 unspecified atom stereocenters. The lowest BCUT2D eigenvalue weighted by molar-refractivity contribution is 0.981. The molecule has 22 heavy (non-hydrogen) atoms. The highest BCUT2D eigenvalue weighted by molar-refractivity contribution is 7.22. The smallest absolute Gasteiger partial charge is 0.131 e. The lowest BCUT2D eigenvalue weighted by atomic mass is 10.2. The van der Waals surface area contributed by atoms with Gasteiger partial charge in [-0.2, -0.15) is 5.10 Å². The van der Waals surface area contributed by atoms with E-state index in [0.29, 0.717) is 22.4 Å². The van der Waals surface area contributed by atoms with E-state index in [-0.39, 0.29) is 5.69 Å². The number of fused-ring (bicyclic) bond motifs is 2. The van der Waals surface area contributed by atoms with Crippen LogP contribution in [-0.2, 0) is 0 Å². The van der Waals surface area contributed by atoms with Crippen LogP contribution in [0.15, 0.2) is 30.3 Å². The second-order valence-electron chi connectivity index (χ2n) is 5.14. The number of hydrogen-bond donors (Lipinski definition) is 0. The summed E-state index contributed by atoms with van der Waals surface area (Å²) in [7, 11) is 0. The Hall–Kier alpha value is -2.40. The standard InChI is InChI=1S/C17H14N4S/c1-9-10(2)19-17-15(18-9)11(3)20-21-16(17)14-8-12-6-4-5-7-13(12)22-14/h4-8H,1-3H3/i3D3. The molecule has 3 heterocycles. The summed E-state index contributed by atoms with van der Waals surface area (Å²) in [6, 6.07) is 10.1. The van der Waals surface area contributed by atoms with E-state index in [4.69, 9.17) is 4.11 Å². The molecule has 4 aromatic rings. The van der Waals surface area contributed by atoms with Crippen molar-refractivity contribution in [1.29, 1.82) is 0 Å². The molecule has 0 amide bonds. The van der Waals surface area contributed by atoms with Crippen molar-refractivity contribution in [2.45, 2.75) is 20.7 Å². The fraction of sp³-hybridized carbons (Fsp3) is 0.176. The predicted molar refractivity (Wildman–Crippen MR) is 90.2 cm³/mol. The lowest BCUT2D eigenvalue weighted by Gasteiger charge is -2.07. The number of hydrogen-bond acceptors (Lipinski definition) is 5. The maximum Gasteiger partial charge on any atom is 0.131 e. The van der Waals surface area contributed by atoms with E-state index >= 15 is 0 Å². The monoisotopic (exact) mass is 309 g/mol. The van der Waals surface area contributed by atoms with Gasteiger partial charge in [0.2, 0.25) is 0 Å². The number of nitrogens with zero attached hydrogens (tertiary/aromatic N) is 4. The van der Waals surface area contributed by atoms with Crippen molar-refractivity contribution < 1.29 is 4.11 Å². The molecule has 0 fully saturated rings. The third-order valence-electron chi connectivity index (χ3n) is 3.66. The molecule has 108 valence electrons. The first-order chi connectivity index (χ1) is 11.8. The molecule has 0 aliphatic carbocycles. The zero-order valence-electron chi connectivity index (χ0n) is 15.1. The minimum absolute atomic E-state index is 0.108. The van der Waals surface area contributed by atoms with Crippen LogP contribution < -0.4 is 0 Å². The molecule has 0 spiro atoms. The molecule has 0 N–H and O–H groups in total. The summed E-state index contributed by atoms with van der Waals surface area (Å²) >= 11 is 1.58. The SMILES string of the molecule is [2H]C([2H])([2H])c1nnc(-c2cc3ccccc3s2)c2nc(C)c(C)nc12. The van der Waals surface area contributed by atoms with Gasteiger partial charge < -0.3 is 0 Å². The van der Waals surface area contributed by atoms with E-state index in [1.807, 2.05) is 44.2 Å². The van der Waals surface area contributed by atoms with E-state index in [2.05, 4.69) is 20.2 Å². The summed E-state index contributed by atoms with van der Waals surface area (Å²) in [5.74, 6) is 0. The zero-order chi connectivity index (χ0) is 17.8. The first-order valence-electron chi connectivity index (χ1n) is 8.35. The third kappa shape index (κ3) is 1.97. The van der Waals surface area contributed by atoms with E-state index in [9.17, 15) is 0 Å². The summed E-state index contributed by atoms with van der Waals surface area (Å²) in [6.07, 6.45) is 0. The Morgan fingerprint density at radius 1 is 0.955 bits per heavy atom. The minimum atomic E-state index is -2.39. The minimum Gasteiger partial charge on any atom is -0.248 e. The maximum atomic E-state index is 7.71. The average molecular weight is 309 g/mol. The van der Waals surface area contributed by atoms with Gasteiger partial charge in [-0.05, 0) is 38.2 Å². The van der Waals surface area contributed by atoms with Crippen LogP contribution in [0.3, 0.4) is 0 Å². The van der Waals surface area contributed by atoms with Crippen LogP contribution in [0.1, 0.15) is 21.2 Å². The van der Waals surface area contributed by atoms with Gasteiger partial charge in [-0.1, -0.05) is 18.2 Å². The van der Waals surface area contributed by atoms with Gasteiger partial charge in [-0.3, -0.25) is 0 Å². The molecule has 3 aromatic heterocycles. The van der Waals surface area contributed by atoms with Crippen molar-refractivity contribution in [2.75, 3.05) is 0 Å². The maximum absolute atomic E-state index is 7.71. The fourth-order valence-electron chi connectivity index (χ4n) is 2.39. The number of benzene rings is 1. The molecule has 0 radical (unpaired) electrons. The molecule has 1 aromatic carbocycles. The molecular formula is C17H14N4S. The summed E-state index contributed by atoms with van der Waals surface area (Å²) in [6.45, 7) is 1.27. The van der Waals surface area contributed by atoms with E-state index < -0.39 is 6.85 Å². The number of aryl methyl sites for hydroxylation is 3. The normalized spacial score (nSPS) is 14.0. The predicted octanol–water partition coefficient (Wildman–Crippen LogP) is 4.23. The number of aromatic nitrogens is 4. The number of thiophene rings is 1. The molecular weight excluding hydrogens is 292 g/mol. The zero-order valence-corrected chi connectivity index (χ0v) is 12.9. The molecule has 4 rings (SSSR count). The van der Waals surface area contributed by atoms with Gasteiger partial charge in [-0.15, -0.1) is 16.4 Å². The second kappa shape index (κ2) is 4.81. The van der Waals surface area contributed by atoms with Gasteiger partial charge in [0.1, 0.15) is 16.7 Å². The molecule has 0 saturated carbocycles. The molecule has 4 nitrogen and oxygen atoms in total. The Bertz CT molecular complexity index is 1090. The summed E-state index contributed by atoms with van der Waals surface area (Å²) in [5, 5.41) is 9.30. The van der Waals surface area contributed by atoms with E-state index in [1.54, 1.807) is 11.3 Å². The van der Waals surface area contributed by atoms with Crippen molar-refractivity contribution >= 4 is 32.5 Å². The molecule has 0 aliphatic rings. The van der Waals surface area contributed by atoms with Gasteiger partial charge in [0, 0.05) is 8.81 Å². The van der Waals surface area contributed by atoms with Crippen LogP contribution in [0.5, 0.6) is 0 Å². The van der Waals surface area contributed by atoms with Gasteiger partial charge in [0.25, 0.3) is 0 Å². The second-order valence-corrected chi connectivity index (χ2v) is 6.22. The van der Waals surface area contributed by atoms with Crippen LogP contribution in [0.2, 0.25) is 0 Å². The van der Waals surface area contributed by atoms with Crippen molar-refractivity contribution in [1.82, 2.24) is 20.2 Å². The number of rotatable bonds is 1. The van der Waals surface area contributed by atoms with Crippen LogP contribution in [0.4, 0.5) is 0 Å². The average Bonchev–Trinajstić information content (AvgIpc) is 2.97. The molecule has 0 bridgehead atoms. The van der Waals surface area contributed by atoms with Gasteiger partial charge in [0.15, 0.2) is 0 Å². The third-order valence-corrected chi connectivity index (χ3v) is 4.79. The first-order valence-corrected chi connectivity index (χ1v) is 7.67. The highest BCUT2D eigenvalue weighted by atomic mass is 32.1. The summed E-state index contributed by atoms with van der Waals surface area (Å²) in [4.78, 5) is 9.95. The molecule has 5 heteroatoms. The molecule has 0 atom stereocenters. The van der Waals surface area contributed by atoms with Gasteiger partial charge in [0.05, 0.1) is 22.0 Å². The Kier molecular flexibility index (Phi) is 2.26.